The van der Waals surface area contributed by atoms with Gasteiger partial charge < -0.3 is 10.3 Å². The number of piperazine rings is 1. The largest absolute Gasteiger partial charge is 0.336 e. The Morgan fingerprint density at radius 2 is 1.56 bits per heavy atom. The molecule has 1 fully saturated rings. The second-order valence-electron chi connectivity index (χ2n) is 8.38. The van der Waals surface area contributed by atoms with Crippen LogP contribution >= 0.6 is 15.9 Å². The number of amides is 1. The normalized spacial score (nSPS) is 14.7. The first-order valence-corrected chi connectivity index (χ1v) is 13.5. The minimum atomic E-state index is -3.66. The molecule has 0 radical (unpaired) electrons. The molecule has 0 aliphatic carbocycles. The summed E-state index contributed by atoms with van der Waals surface area (Å²) < 4.78 is 28.9. The standard InChI is InChI=1S/C25H23BrN6O3S/c26-21-7-5-20-16-22(8-6-19(20)15-21)36(34,35)32-13-11-31(12-14-32)25(33)18-3-1-17(2-4-18)23-9-10-24(28-27)30-29-23/h1-10,15-16H,11-14,27H2,(H,28,30). The maximum atomic E-state index is 13.2. The summed E-state index contributed by atoms with van der Waals surface area (Å²) in [5.41, 5.74) is 4.44. The van der Waals surface area contributed by atoms with Crippen molar-refractivity contribution < 1.29 is 13.2 Å². The van der Waals surface area contributed by atoms with Crippen LogP contribution in [0.2, 0.25) is 0 Å². The average molecular weight is 567 g/mol. The zero-order valence-corrected chi connectivity index (χ0v) is 21.5. The Balaban J connectivity index is 1.25. The van der Waals surface area contributed by atoms with Crippen LogP contribution in [0.15, 0.2) is 82.2 Å². The highest BCUT2D eigenvalue weighted by molar-refractivity contribution is 9.10. The fourth-order valence-corrected chi connectivity index (χ4v) is 6.00. The fourth-order valence-electron chi connectivity index (χ4n) is 4.17. The van der Waals surface area contributed by atoms with E-state index < -0.39 is 10.0 Å². The number of benzene rings is 3. The minimum absolute atomic E-state index is 0.136. The van der Waals surface area contributed by atoms with Gasteiger partial charge in [0.05, 0.1) is 10.6 Å². The summed E-state index contributed by atoms with van der Waals surface area (Å²) in [6, 6.07) is 21.5. The zero-order chi connectivity index (χ0) is 25.3. The molecule has 36 heavy (non-hydrogen) atoms. The highest BCUT2D eigenvalue weighted by atomic mass is 79.9. The number of rotatable bonds is 5. The van der Waals surface area contributed by atoms with Crippen molar-refractivity contribution in [3.63, 3.8) is 0 Å². The zero-order valence-electron chi connectivity index (χ0n) is 19.1. The number of fused-ring (bicyclic) bond motifs is 1. The number of hydrogen-bond acceptors (Lipinski definition) is 7. The van der Waals surface area contributed by atoms with Crippen molar-refractivity contribution in [1.29, 1.82) is 0 Å². The third-order valence-corrected chi connectivity index (χ3v) is 8.57. The Morgan fingerprint density at radius 3 is 2.22 bits per heavy atom. The molecular weight excluding hydrogens is 544 g/mol. The summed E-state index contributed by atoms with van der Waals surface area (Å²) >= 11 is 3.44. The van der Waals surface area contributed by atoms with Crippen LogP contribution < -0.4 is 11.3 Å². The Hall–Kier alpha value is -3.38. The number of carbonyl (C=O) groups excluding carboxylic acids is 1. The molecule has 1 amide bonds. The maximum Gasteiger partial charge on any atom is 0.253 e. The number of nitrogens with one attached hydrogen (secondary N) is 1. The number of hydrogen-bond donors (Lipinski definition) is 2. The molecule has 3 N–H and O–H groups in total. The smallest absolute Gasteiger partial charge is 0.253 e. The molecule has 1 aromatic heterocycles. The molecule has 5 rings (SSSR count). The number of anilines is 1. The molecule has 0 unspecified atom stereocenters. The molecule has 1 saturated heterocycles. The molecule has 9 nitrogen and oxygen atoms in total. The van der Waals surface area contributed by atoms with Crippen molar-refractivity contribution in [2.24, 2.45) is 5.84 Å². The van der Waals surface area contributed by atoms with Crippen molar-refractivity contribution >= 4 is 48.5 Å². The number of carbonyl (C=O) groups is 1. The molecule has 2 heterocycles. The third-order valence-electron chi connectivity index (χ3n) is 6.18. The van der Waals surface area contributed by atoms with Crippen LogP contribution in [-0.2, 0) is 10.0 Å². The van der Waals surface area contributed by atoms with E-state index in [1.54, 1.807) is 41.3 Å². The topological polar surface area (TPSA) is 122 Å². The van der Waals surface area contributed by atoms with E-state index in [4.69, 9.17) is 5.84 Å². The van der Waals surface area contributed by atoms with Gasteiger partial charge in [-0.2, -0.15) is 4.31 Å². The van der Waals surface area contributed by atoms with Crippen LogP contribution in [0.3, 0.4) is 0 Å². The van der Waals surface area contributed by atoms with Crippen molar-refractivity contribution in [1.82, 2.24) is 19.4 Å². The van der Waals surface area contributed by atoms with E-state index in [1.807, 2.05) is 36.4 Å². The summed E-state index contributed by atoms with van der Waals surface area (Å²) in [6.07, 6.45) is 0. The first kappa shape index (κ1) is 24.3. The van der Waals surface area contributed by atoms with E-state index in [0.29, 0.717) is 30.2 Å². The number of nitrogen functional groups attached to an aromatic ring is 1. The van der Waals surface area contributed by atoms with Crippen LogP contribution in [0.25, 0.3) is 22.0 Å². The van der Waals surface area contributed by atoms with Crippen LogP contribution in [0.4, 0.5) is 5.82 Å². The SMILES string of the molecule is NNc1ccc(-c2ccc(C(=O)N3CCN(S(=O)(=O)c4ccc5cc(Br)ccc5c4)CC3)cc2)nn1. The van der Waals surface area contributed by atoms with E-state index in [9.17, 15) is 13.2 Å². The molecule has 0 spiro atoms. The Labute approximate surface area is 217 Å². The number of halogens is 1. The summed E-state index contributed by atoms with van der Waals surface area (Å²) in [6.45, 7) is 1.11. The highest BCUT2D eigenvalue weighted by Crippen LogP contribution is 2.26. The summed E-state index contributed by atoms with van der Waals surface area (Å²) in [5.74, 6) is 5.64. The van der Waals surface area contributed by atoms with Crippen molar-refractivity contribution in [2.75, 3.05) is 31.6 Å². The number of nitrogens with zero attached hydrogens (tertiary/aromatic N) is 4. The molecule has 11 heteroatoms. The van der Waals surface area contributed by atoms with Crippen LogP contribution in [-0.4, -0.2) is 59.9 Å². The summed E-state index contributed by atoms with van der Waals surface area (Å²) in [5, 5.41) is 9.88. The van der Waals surface area contributed by atoms with Crippen molar-refractivity contribution in [3.05, 3.63) is 82.8 Å². The van der Waals surface area contributed by atoms with Gasteiger partial charge >= 0.3 is 0 Å². The highest BCUT2D eigenvalue weighted by Gasteiger charge is 2.30. The first-order valence-electron chi connectivity index (χ1n) is 11.2. The second kappa shape index (κ2) is 9.94. The maximum absolute atomic E-state index is 13.2. The molecule has 0 atom stereocenters. The summed E-state index contributed by atoms with van der Waals surface area (Å²) in [4.78, 5) is 15.0. The summed E-state index contributed by atoms with van der Waals surface area (Å²) in [7, 11) is -3.66. The molecule has 4 aromatic rings. The molecule has 184 valence electrons. The Bertz CT molecular complexity index is 1520. The fraction of sp³-hybridized carbons (Fsp3) is 0.160. The van der Waals surface area contributed by atoms with Gasteiger partial charge in [0.2, 0.25) is 10.0 Å². The predicted molar refractivity (Wildman–Crippen MR) is 142 cm³/mol. The lowest BCUT2D eigenvalue weighted by atomic mass is 10.1. The van der Waals surface area contributed by atoms with Gasteiger partial charge in [-0.3, -0.25) is 4.79 Å². The van der Waals surface area contributed by atoms with Crippen LogP contribution in [0, 0.1) is 0 Å². The van der Waals surface area contributed by atoms with Gasteiger partial charge in [-0.1, -0.05) is 40.2 Å². The molecule has 0 saturated carbocycles. The van der Waals surface area contributed by atoms with E-state index in [-0.39, 0.29) is 23.9 Å². The van der Waals surface area contributed by atoms with Gasteiger partial charge in [0.1, 0.15) is 0 Å². The first-order chi connectivity index (χ1) is 17.3. The van der Waals surface area contributed by atoms with E-state index in [2.05, 4.69) is 31.6 Å². The molecule has 1 aliphatic heterocycles. The third kappa shape index (κ3) is 4.82. The quantitative estimate of drug-likeness (QED) is 0.280. The lowest BCUT2D eigenvalue weighted by Crippen LogP contribution is -2.50. The lowest BCUT2D eigenvalue weighted by molar-refractivity contribution is 0.0698. The number of hydrazine groups is 1. The van der Waals surface area contributed by atoms with Gasteiger partial charge in [0.15, 0.2) is 5.82 Å². The monoisotopic (exact) mass is 566 g/mol. The van der Waals surface area contributed by atoms with Crippen LogP contribution in [0.1, 0.15) is 10.4 Å². The molecule has 0 bridgehead atoms. The minimum Gasteiger partial charge on any atom is -0.336 e. The number of nitrogens with two attached hydrogens (primary N) is 1. The van der Waals surface area contributed by atoms with Gasteiger partial charge in [0.25, 0.3) is 5.91 Å². The van der Waals surface area contributed by atoms with E-state index >= 15 is 0 Å². The van der Waals surface area contributed by atoms with E-state index in [1.165, 1.54) is 4.31 Å². The van der Waals surface area contributed by atoms with Gasteiger partial charge in [-0.25, -0.2) is 14.3 Å². The molecule has 3 aromatic carbocycles. The Kier molecular flexibility index (Phi) is 6.71. The van der Waals surface area contributed by atoms with Gasteiger partial charge in [-0.15, -0.1) is 10.2 Å². The van der Waals surface area contributed by atoms with Crippen LogP contribution in [0.5, 0.6) is 0 Å². The van der Waals surface area contributed by atoms with Gasteiger partial charge in [0, 0.05) is 41.8 Å². The molecular formula is C25H23BrN6O3S. The van der Waals surface area contributed by atoms with Gasteiger partial charge in [-0.05, 0) is 59.3 Å². The number of aromatic nitrogens is 2. The van der Waals surface area contributed by atoms with Crippen molar-refractivity contribution in [3.8, 4) is 11.3 Å². The lowest BCUT2D eigenvalue weighted by Gasteiger charge is -2.34. The van der Waals surface area contributed by atoms with E-state index in [0.717, 1.165) is 20.8 Å². The molecule has 1 aliphatic rings. The van der Waals surface area contributed by atoms with Crippen molar-refractivity contribution in [2.45, 2.75) is 4.90 Å². The number of sulfonamides is 1. The Morgan fingerprint density at radius 1 is 0.861 bits per heavy atom. The second-order valence-corrected chi connectivity index (χ2v) is 11.2. The average Bonchev–Trinajstić information content (AvgIpc) is 2.92. The predicted octanol–water partition coefficient (Wildman–Crippen LogP) is 3.49.